The van der Waals surface area contributed by atoms with Crippen LogP contribution in [-0.4, -0.2) is 101 Å². The van der Waals surface area contributed by atoms with Gasteiger partial charge in [-0.2, -0.15) is 4.98 Å². The van der Waals surface area contributed by atoms with Crippen LogP contribution in [0.3, 0.4) is 0 Å². The Balaban J connectivity index is 1.22. The maximum absolute atomic E-state index is 12.4. The number of para-hydroxylation sites is 1. The van der Waals surface area contributed by atoms with E-state index in [0.717, 1.165) is 37.7 Å². The highest BCUT2D eigenvalue weighted by Gasteiger charge is 2.27. The number of hydrogen-bond acceptors (Lipinski definition) is 11. The number of nitrogens with one attached hydrogen (secondary N) is 1. The lowest BCUT2D eigenvalue weighted by Gasteiger charge is -2.38. The summed E-state index contributed by atoms with van der Waals surface area (Å²) in [6.07, 6.45) is 1.53. The van der Waals surface area contributed by atoms with E-state index in [1.807, 2.05) is 52.1 Å². The van der Waals surface area contributed by atoms with Gasteiger partial charge in [0.15, 0.2) is 5.82 Å². The quantitative estimate of drug-likeness (QED) is 0.490. The minimum atomic E-state index is -0.504. The molecule has 2 fully saturated rings. The molecule has 2 aliphatic heterocycles. The number of benzene rings is 1. The molecule has 2 aliphatic rings. The zero-order valence-electron chi connectivity index (χ0n) is 23.5. The van der Waals surface area contributed by atoms with E-state index in [1.54, 1.807) is 23.2 Å². The van der Waals surface area contributed by atoms with Crippen molar-refractivity contribution < 1.29 is 14.6 Å². The van der Waals surface area contributed by atoms with Crippen LogP contribution in [0.2, 0.25) is 0 Å². The Morgan fingerprint density at radius 3 is 2.27 bits per heavy atom. The third-order valence-electron chi connectivity index (χ3n) is 6.98. The minimum Gasteiger partial charge on any atom is -0.507 e. The number of hydrogen-bond donors (Lipinski definition) is 2. The second-order valence-electron chi connectivity index (χ2n) is 10.9. The Hall–Kier alpha value is -4.35. The molecule has 0 saturated carbocycles. The predicted octanol–water partition coefficient (Wildman–Crippen LogP) is 3.06. The summed E-state index contributed by atoms with van der Waals surface area (Å²) >= 11 is 0. The van der Waals surface area contributed by atoms with Crippen LogP contribution in [0.5, 0.6) is 5.75 Å². The predicted molar refractivity (Wildman–Crippen MR) is 155 cm³/mol. The van der Waals surface area contributed by atoms with E-state index in [1.165, 1.54) is 0 Å². The van der Waals surface area contributed by atoms with Gasteiger partial charge in [0.25, 0.3) is 0 Å². The molecule has 4 heterocycles. The van der Waals surface area contributed by atoms with Crippen LogP contribution in [0.25, 0.3) is 11.3 Å². The molecule has 0 spiro atoms. The van der Waals surface area contributed by atoms with Gasteiger partial charge in [-0.15, -0.1) is 10.2 Å². The van der Waals surface area contributed by atoms with E-state index in [-0.39, 0.29) is 11.8 Å². The first-order valence-corrected chi connectivity index (χ1v) is 13.6. The number of phenolic OH excluding ortho intramolecular Hbond substituents is 1. The summed E-state index contributed by atoms with van der Waals surface area (Å²) in [5.74, 6) is 2.42. The molecule has 0 atom stereocenters. The van der Waals surface area contributed by atoms with Gasteiger partial charge < -0.3 is 34.8 Å². The van der Waals surface area contributed by atoms with Crippen molar-refractivity contribution >= 4 is 29.4 Å². The maximum atomic E-state index is 12.4. The number of amides is 1. The van der Waals surface area contributed by atoms with E-state index in [9.17, 15) is 9.90 Å². The second kappa shape index (κ2) is 11.4. The van der Waals surface area contributed by atoms with Gasteiger partial charge in [0, 0.05) is 71.2 Å². The molecule has 2 N–H and O–H groups in total. The van der Waals surface area contributed by atoms with Crippen molar-refractivity contribution in [1.82, 2.24) is 25.1 Å². The highest BCUT2D eigenvalue weighted by Crippen LogP contribution is 2.33. The molecule has 0 radical (unpaired) electrons. The first-order valence-electron chi connectivity index (χ1n) is 13.6. The number of rotatable bonds is 5. The molecule has 1 amide bonds. The van der Waals surface area contributed by atoms with Gasteiger partial charge in [-0.05, 0) is 45.0 Å². The highest BCUT2D eigenvalue weighted by atomic mass is 16.6. The van der Waals surface area contributed by atoms with Crippen molar-refractivity contribution in [3.05, 3.63) is 42.6 Å². The highest BCUT2D eigenvalue weighted by molar-refractivity contribution is 5.75. The Labute approximate surface area is 234 Å². The molecule has 1 aromatic carbocycles. The number of anilines is 4. The molecule has 2 aromatic heterocycles. The van der Waals surface area contributed by atoms with Gasteiger partial charge in [-0.1, -0.05) is 12.1 Å². The number of nitrogens with zero attached hydrogens (tertiary/aromatic N) is 8. The average Bonchev–Trinajstić information content (AvgIpc) is 2.96. The lowest BCUT2D eigenvalue weighted by atomic mass is 10.1. The molecular weight excluding hydrogens is 510 g/mol. The standard InChI is InChI=1S/C28H37N9O3/c1-28(2,3)40-27(39)37-17-13-35(14-18-37)24-9-10-30-26(31-24)36-15-11-34(12-16-36)22-19-21(32-33-25(22)29-4)20-7-5-6-8-23(20)38/h5-10,19,38H,11-18H2,1-4H3,(H,29,33). The molecule has 12 nitrogen and oxygen atoms in total. The van der Waals surface area contributed by atoms with E-state index >= 15 is 0 Å². The smallest absolute Gasteiger partial charge is 0.410 e. The van der Waals surface area contributed by atoms with Gasteiger partial charge in [-0.3, -0.25) is 0 Å². The lowest BCUT2D eigenvalue weighted by molar-refractivity contribution is 0.0240. The fraction of sp³-hybridized carbons (Fsp3) is 0.464. The monoisotopic (exact) mass is 547 g/mol. The van der Waals surface area contributed by atoms with Crippen LogP contribution in [0.15, 0.2) is 42.6 Å². The third kappa shape index (κ3) is 6.11. The fourth-order valence-electron chi connectivity index (χ4n) is 4.88. The SMILES string of the molecule is CNc1nnc(-c2ccccc2O)cc1N1CCN(c2nccc(N3CCN(C(=O)OC(C)(C)C)CC3)n2)CC1. The summed E-state index contributed by atoms with van der Waals surface area (Å²) in [6, 6.07) is 11.0. The van der Waals surface area contributed by atoms with Gasteiger partial charge in [0.2, 0.25) is 5.95 Å². The third-order valence-corrected chi connectivity index (χ3v) is 6.98. The molecule has 40 heavy (non-hydrogen) atoms. The van der Waals surface area contributed by atoms with Crippen molar-refractivity contribution in [2.45, 2.75) is 26.4 Å². The van der Waals surface area contributed by atoms with Crippen LogP contribution >= 0.6 is 0 Å². The Morgan fingerprint density at radius 1 is 0.925 bits per heavy atom. The first kappa shape index (κ1) is 27.2. The normalized spacial score (nSPS) is 16.2. The van der Waals surface area contributed by atoms with Crippen LogP contribution in [0, 0.1) is 0 Å². The fourth-order valence-corrected chi connectivity index (χ4v) is 4.88. The summed E-state index contributed by atoms with van der Waals surface area (Å²) in [4.78, 5) is 30.2. The topological polar surface area (TPSA) is 123 Å². The Bertz CT molecular complexity index is 1330. The summed E-state index contributed by atoms with van der Waals surface area (Å²) in [5, 5.41) is 22.1. The van der Waals surface area contributed by atoms with Crippen molar-refractivity contribution in [1.29, 1.82) is 0 Å². The number of aromatic hydroxyl groups is 1. The van der Waals surface area contributed by atoms with Gasteiger partial charge >= 0.3 is 6.09 Å². The van der Waals surface area contributed by atoms with Crippen molar-refractivity contribution in [2.75, 3.05) is 79.4 Å². The van der Waals surface area contributed by atoms with Gasteiger partial charge in [-0.25, -0.2) is 9.78 Å². The Morgan fingerprint density at radius 2 is 1.60 bits per heavy atom. The largest absolute Gasteiger partial charge is 0.507 e. The molecule has 2 saturated heterocycles. The first-order chi connectivity index (χ1) is 19.2. The minimum absolute atomic E-state index is 0.174. The van der Waals surface area contributed by atoms with Crippen molar-refractivity contribution in [2.24, 2.45) is 0 Å². The average molecular weight is 548 g/mol. The maximum Gasteiger partial charge on any atom is 0.410 e. The van der Waals surface area contributed by atoms with E-state index in [0.29, 0.717) is 49.2 Å². The zero-order chi connectivity index (χ0) is 28.3. The van der Waals surface area contributed by atoms with E-state index < -0.39 is 5.60 Å². The molecule has 3 aromatic rings. The molecule has 5 rings (SSSR count). The number of aromatic nitrogens is 4. The Kier molecular flexibility index (Phi) is 7.76. The second-order valence-corrected chi connectivity index (χ2v) is 10.9. The number of carbonyl (C=O) groups is 1. The van der Waals surface area contributed by atoms with Gasteiger partial charge in [0.1, 0.15) is 17.2 Å². The van der Waals surface area contributed by atoms with Crippen LogP contribution < -0.4 is 20.0 Å². The summed E-state index contributed by atoms with van der Waals surface area (Å²) in [7, 11) is 1.83. The molecule has 0 aliphatic carbocycles. The number of piperazine rings is 2. The number of carbonyl (C=O) groups excluding carboxylic acids is 1. The van der Waals surface area contributed by atoms with Crippen LogP contribution in [0.1, 0.15) is 20.8 Å². The summed E-state index contributed by atoms with van der Waals surface area (Å²) in [5.41, 5.74) is 1.70. The molecule has 12 heteroatoms. The van der Waals surface area contributed by atoms with E-state index in [4.69, 9.17) is 9.72 Å². The van der Waals surface area contributed by atoms with E-state index in [2.05, 4.69) is 35.2 Å². The summed E-state index contributed by atoms with van der Waals surface area (Å²) in [6.45, 7) is 11.2. The van der Waals surface area contributed by atoms with Crippen molar-refractivity contribution in [3.8, 4) is 17.0 Å². The lowest BCUT2D eigenvalue weighted by Crippen LogP contribution is -2.50. The number of phenols is 1. The summed E-state index contributed by atoms with van der Waals surface area (Å²) < 4.78 is 5.52. The zero-order valence-corrected chi connectivity index (χ0v) is 23.5. The molecule has 212 valence electrons. The molecular formula is C28H37N9O3. The molecule has 0 bridgehead atoms. The number of ether oxygens (including phenoxy) is 1. The van der Waals surface area contributed by atoms with Crippen LogP contribution in [-0.2, 0) is 4.74 Å². The van der Waals surface area contributed by atoms with Crippen LogP contribution in [0.4, 0.5) is 28.1 Å². The molecule has 0 unspecified atom stereocenters. The van der Waals surface area contributed by atoms with Gasteiger partial charge in [0.05, 0.1) is 11.4 Å². The van der Waals surface area contributed by atoms with Crippen molar-refractivity contribution in [3.63, 3.8) is 0 Å².